The van der Waals surface area contributed by atoms with E-state index in [0.29, 0.717) is 5.56 Å². The van der Waals surface area contributed by atoms with Crippen molar-refractivity contribution < 1.29 is 0 Å². The van der Waals surface area contributed by atoms with Gasteiger partial charge in [-0.05, 0) is 40.1 Å². The Morgan fingerprint density at radius 3 is 2.32 bits per heavy atom. The quantitative estimate of drug-likeness (QED) is 0.598. The van der Waals surface area contributed by atoms with Gasteiger partial charge in [0.15, 0.2) is 0 Å². The molecule has 0 fully saturated rings. The van der Waals surface area contributed by atoms with E-state index < -0.39 is 0 Å². The van der Waals surface area contributed by atoms with E-state index in [1.54, 1.807) is 0 Å². The van der Waals surface area contributed by atoms with E-state index in [1.807, 2.05) is 42.5 Å². The molecule has 0 spiro atoms. The van der Waals surface area contributed by atoms with Crippen molar-refractivity contribution in [3.8, 4) is 17.2 Å². The topological polar surface area (TPSA) is 23.8 Å². The van der Waals surface area contributed by atoms with Gasteiger partial charge < -0.3 is 0 Å². The molecule has 86 valence electrons. The van der Waals surface area contributed by atoms with Crippen molar-refractivity contribution in [3.05, 3.63) is 66.2 Å². The van der Waals surface area contributed by atoms with Crippen molar-refractivity contribution >= 4 is 24.1 Å². The zero-order valence-corrected chi connectivity index (χ0v) is 10.3. The van der Waals surface area contributed by atoms with E-state index in [9.17, 15) is 0 Å². The molecule has 0 atom stereocenters. The summed E-state index contributed by atoms with van der Waals surface area (Å²) in [5.74, 6) is 0. The van der Waals surface area contributed by atoms with Crippen LogP contribution >= 0.6 is 0 Å². The fourth-order valence-corrected chi connectivity index (χ4v) is 2.23. The lowest BCUT2D eigenvalue weighted by Crippen LogP contribution is -2.02. The normalized spacial score (nSPS) is 10.3. The number of nitriles is 1. The molecule has 3 rings (SSSR count). The minimum atomic E-state index is 0.675. The van der Waals surface area contributed by atoms with Gasteiger partial charge >= 0.3 is 0 Å². The van der Waals surface area contributed by atoms with Gasteiger partial charge in [-0.15, -0.1) is 0 Å². The first-order chi connectivity index (χ1) is 9.28. The second-order valence-electron chi connectivity index (χ2n) is 4.47. The molecule has 0 N–H and O–H groups in total. The summed E-state index contributed by atoms with van der Waals surface area (Å²) in [6, 6.07) is 21.9. The number of hydrogen-bond acceptors (Lipinski definition) is 1. The van der Waals surface area contributed by atoms with E-state index in [4.69, 9.17) is 13.1 Å². The summed E-state index contributed by atoms with van der Waals surface area (Å²) >= 11 is 0. The molecular formula is C17H10BN. The van der Waals surface area contributed by atoms with E-state index in [2.05, 4.69) is 24.3 Å². The standard InChI is InChI=1S/C17H10BN/c18-17-3-1-2-15-10-14(8-9-16(15)17)13-6-4-12(11-19)5-7-13/h1-10H. The highest BCUT2D eigenvalue weighted by Crippen LogP contribution is 2.23. The smallest absolute Gasteiger partial charge is 0.114 e. The van der Waals surface area contributed by atoms with Crippen LogP contribution in [0.15, 0.2) is 60.7 Å². The maximum absolute atomic E-state index is 8.81. The van der Waals surface area contributed by atoms with Gasteiger partial charge in [0.2, 0.25) is 0 Å². The van der Waals surface area contributed by atoms with Gasteiger partial charge in [0.1, 0.15) is 7.85 Å². The molecule has 2 radical (unpaired) electrons. The lowest BCUT2D eigenvalue weighted by molar-refractivity contribution is 1.48. The third-order valence-electron chi connectivity index (χ3n) is 3.26. The van der Waals surface area contributed by atoms with Crippen LogP contribution in [0.5, 0.6) is 0 Å². The lowest BCUT2D eigenvalue weighted by Gasteiger charge is -2.06. The summed E-state index contributed by atoms with van der Waals surface area (Å²) in [5, 5.41) is 11.0. The first-order valence-electron chi connectivity index (χ1n) is 6.07. The highest BCUT2D eigenvalue weighted by atomic mass is 14.2. The van der Waals surface area contributed by atoms with Gasteiger partial charge in [-0.1, -0.05) is 47.9 Å². The summed E-state index contributed by atoms with van der Waals surface area (Å²) in [7, 11) is 5.95. The number of fused-ring (bicyclic) bond motifs is 1. The van der Waals surface area contributed by atoms with Gasteiger partial charge in [0, 0.05) is 0 Å². The van der Waals surface area contributed by atoms with Gasteiger partial charge in [-0.3, -0.25) is 0 Å². The predicted molar refractivity (Wildman–Crippen MR) is 79.5 cm³/mol. The zero-order valence-electron chi connectivity index (χ0n) is 10.3. The third-order valence-corrected chi connectivity index (χ3v) is 3.26. The zero-order chi connectivity index (χ0) is 13.2. The molecule has 0 aromatic heterocycles. The second-order valence-corrected chi connectivity index (χ2v) is 4.47. The molecule has 2 heteroatoms. The van der Waals surface area contributed by atoms with Crippen molar-refractivity contribution in [2.75, 3.05) is 0 Å². The Morgan fingerprint density at radius 2 is 1.58 bits per heavy atom. The van der Waals surface area contributed by atoms with Crippen LogP contribution in [0.1, 0.15) is 5.56 Å². The van der Waals surface area contributed by atoms with Crippen LogP contribution in [0.4, 0.5) is 0 Å². The van der Waals surface area contributed by atoms with Crippen LogP contribution in [-0.2, 0) is 0 Å². The Kier molecular flexibility index (Phi) is 2.81. The van der Waals surface area contributed by atoms with Crippen molar-refractivity contribution in [2.45, 2.75) is 0 Å². The number of nitrogens with zero attached hydrogens (tertiary/aromatic N) is 1. The molecule has 0 aliphatic rings. The van der Waals surface area contributed by atoms with Crippen molar-refractivity contribution in [2.24, 2.45) is 0 Å². The molecule has 1 nitrogen and oxygen atoms in total. The lowest BCUT2D eigenvalue weighted by atomic mass is 9.89. The SMILES string of the molecule is [B]c1cccc2cc(-c3ccc(C#N)cc3)ccc12. The van der Waals surface area contributed by atoms with Gasteiger partial charge in [0.05, 0.1) is 11.6 Å². The first-order valence-corrected chi connectivity index (χ1v) is 6.07. The summed E-state index contributed by atoms with van der Waals surface area (Å²) in [6.07, 6.45) is 0. The number of rotatable bonds is 1. The molecule has 0 saturated heterocycles. The Bertz CT molecular complexity index is 782. The Hall–Kier alpha value is -2.53. The average molecular weight is 239 g/mol. The maximum Gasteiger partial charge on any atom is 0.114 e. The summed E-state index contributed by atoms with van der Waals surface area (Å²) in [5.41, 5.74) is 3.70. The van der Waals surface area contributed by atoms with Crippen molar-refractivity contribution in [3.63, 3.8) is 0 Å². The molecule has 0 saturated carbocycles. The molecule has 0 heterocycles. The Labute approximate surface area is 113 Å². The summed E-state index contributed by atoms with van der Waals surface area (Å²) in [4.78, 5) is 0. The molecule has 0 unspecified atom stereocenters. The number of hydrogen-bond donors (Lipinski definition) is 0. The Balaban J connectivity index is 2.12. The third kappa shape index (κ3) is 2.11. The average Bonchev–Trinajstić information content (AvgIpc) is 2.47. The second kappa shape index (κ2) is 4.63. The number of benzene rings is 3. The maximum atomic E-state index is 8.81. The van der Waals surface area contributed by atoms with Gasteiger partial charge in [0.25, 0.3) is 0 Å². The van der Waals surface area contributed by atoms with Gasteiger partial charge in [-0.2, -0.15) is 5.26 Å². The van der Waals surface area contributed by atoms with Crippen LogP contribution in [0.2, 0.25) is 0 Å². The van der Waals surface area contributed by atoms with Crippen molar-refractivity contribution in [1.82, 2.24) is 0 Å². The van der Waals surface area contributed by atoms with E-state index in [1.165, 1.54) is 0 Å². The van der Waals surface area contributed by atoms with Crippen LogP contribution in [0.25, 0.3) is 21.9 Å². The monoisotopic (exact) mass is 239 g/mol. The molecule has 0 aliphatic carbocycles. The summed E-state index contributed by atoms with van der Waals surface area (Å²) in [6.45, 7) is 0. The molecule has 19 heavy (non-hydrogen) atoms. The van der Waals surface area contributed by atoms with Gasteiger partial charge in [-0.25, -0.2) is 0 Å². The first kappa shape index (κ1) is 11.6. The summed E-state index contributed by atoms with van der Waals surface area (Å²) < 4.78 is 0. The van der Waals surface area contributed by atoms with E-state index in [0.717, 1.165) is 27.4 Å². The fourth-order valence-electron chi connectivity index (χ4n) is 2.23. The fraction of sp³-hybridized carbons (Fsp3) is 0. The van der Waals surface area contributed by atoms with Crippen LogP contribution < -0.4 is 5.46 Å². The highest BCUT2D eigenvalue weighted by Gasteiger charge is 2.01. The van der Waals surface area contributed by atoms with Crippen molar-refractivity contribution in [1.29, 1.82) is 5.26 Å². The van der Waals surface area contributed by atoms with Crippen LogP contribution in [-0.4, -0.2) is 7.85 Å². The van der Waals surface area contributed by atoms with E-state index in [-0.39, 0.29) is 0 Å². The molecule has 3 aromatic rings. The van der Waals surface area contributed by atoms with E-state index >= 15 is 0 Å². The Morgan fingerprint density at radius 1 is 0.842 bits per heavy atom. The molecule has 0 aliphatic heterocycles. The van der Waals surface area contributed by atoms with Crippen LogP contribution in [0.3, 0.4) is 0 Å². The minimum absolute atomic E-state index is 0.675. The van der Waals surface area contributed by atoms with Crippen LogP contribution in [0, 0.1) is 11.3 Å². The molecule has 3 aromatic carbocycles. The minimum Gasteiger partial charge on any atom is -0.192 e. The largest absolute Gasteiger partial charge is 0.192 e. The predicted octanol–water partition coefficient (Wildman–Crippen LogP) is 3.17. The highest BCUT2D eigenvalue weighted by molar-refractivity contribution is 6.38. The molecular weight excluding hydrogens is 229 g/mol. The molecule has 0 bridgehead atoms. The molecule has 0 amide bonds.